The van der Waals surface area contributed by atoms with E-state index in [1.807, 2.05) is 13.8 Å². The van der Waals surface area contributed by atoms with Crippen LogP contribution in [0.15, 0.2) is 24.3 Å². The molecule has 1 unspecified atom stereocenters. The highest BCUT2D eigenvalue weighted by Crippen LogP contribution is 2.17. The molecule has 1 atom stereocenters. The Bertz CT molecular complexity index is 375. The first-order valence-corrected chi connectivity index (χ1v) is 5.78. The Morgan fingerprint density at radius 3 is 2.39 bits per heavy atom. The summed E-state index contributed by atoms with van der Waals surface area (Å²) in [4.78, 5) is 10.9. The van der Waals surface area contributed by atoms with Gasteiger partial charge in [0.1, 0.15) is 11.8 Å². The molecule has 0 radical (unpaired) electrons. The van der Waals surface area contributed by atoms with Crippen LogP contribution in [-0.4, -0.2) is 36.9 Å². The van der Waals surface area contributed by atoms with E-state index in [9.17, 15) is 4.79 Å². The molecule has 0 aromatic heterocycles. The molecule has 0 bridgehead atoms. The van der Waals surface area contributed by atoms with Crippen LogP contribution in [0.25, 0.3) is 0 Å². The fourth-order valence-electron chi connectivity index (χ4n) is 1.44. The molecule has 1 aromatic rings. The lowest BCUT2D eigenvalue weighted by Gasteiger charge is -2.15. The Labute approximate surface area is 107 Å². The molecule has 0 fully saturated rings. The number of aliphatic carboxylic acids is 1. The summed E-state index contributed by atoms with van der Waals surface area (Å²) in [5.74, 6) is -0.187. The SMILES string of the molecule is COCC(Nc1ccc(OC(C)C)cc1)C(=O)O. The summed E-state index contributed by atoms with van der Waals surface area (Å²) in [5, 5.41) is 11.9. The van der Waals surface area contributed by atoms with E-state index in [4.69, 9.17) is 14.6 Å². The van der Waals surface area contributed by atoms with E-state index in [1.165, 1.54) is 7.11 Å². The van der Waals surface area contributed by atoms with Crippen LogP contribution >= 0.6 is 0 Å². The third-order valence-corrected chi connectivity index (χ3v) is 2.20. The van der Waals surface area contributed by atoms with E-state index in [0.29, 0.717) is 0 Å². The smallest absolute Gasteiger partial charge is 0.328 e. The van der Waals surface area contributed by atoms with Gasteiger partial charge >= 0.3 is 5.97 Å². The minimum absolute atomic E-state index is 0.111. The van der Waals surface area contributed by atoms with E-state index in [2.05, 4.69) is 5.32 Å². The number of benzene rings is 1. The molecule has 0 aliphatic rings. The molecule has 5 heteroatoms. The average Bonchev–Trinajstić information content (AvgIpc) is 2.30. The summed E-state index contributed by atoms with van der Waals surface area (Å²) in [6.07, 6.45) is 0.115. The standard InChI is InChI=1S/C13H19NO4/c1-9(2)18-11-6-4-10(5-7-11)14-12(8-17-3)13(15)16/h4-7,9,12,14H,8H2,1-3H3,(H,15,16). The number of carboxylic acid groups (broad SMARTS) is 1. The zero-order valence-electron chi connectivity index (χ0n) is 10.8. The Morgan fingerprint density at radius 2 is 1.94 bits per heavy atom. The summed E-state index contributed by atoms with van der Waals surface area (Å²) >= 11 is 0. The zero-order chi connectivity index (χ0) is 13.5. The Hall–Kier alpha value is -1.75. The van der Waals surface area contributed by atoms with E-state index < -0.39 is 12.0 Å². The highest BCUT2D eigenvalue weighted by Gasteiger charge is 2.16. The summed E-state index contributed by atoms with van der Waals surface area (Å²) in [7, 11) is 1.47. The first-order chi connectivity index (χ1) is 8.52. The lowest BCUT2D eigenvalue weighted by atomic mass is 10.2. The van der Waals surface area contributed by atoms with E-state index in [0.717, 1.165) is 11.4 Å². The molecule has 100 valence electrons. The number of carbonyl (C=O) groups is 1. The normalized spacial score (nSPS) is 12.2. The lowest BCUT2D eigenvalue weighted by molar-refractivity contribution is -0.139. The van der Waals surface area contributed by atoms with Gasteiger partial charge in [0.2, 0.25) is 0 Å². The molecular weight excluding hydrogens is 234 g/mol. The van der Waals surface area contributed by atoms with Gasteiger partial charge in [-0.15, -0.1) is 0 Å². The van der Waals surface area contributed by atoms with Gasteiger partial charge < -0.3 is 19.9 Å². The van der Waals surface area contributed by atoms with Crippen molar-refractivity contribution in [3.05, 3.63) is 24.3 Å². The van der Waals surface area contributed by atoms with Gasteiger partial charge in [0, 0.05) is 12.8 Å². The van der Waals surface area contributed by atoms with Crippen LogP contribution in [-0.2, 0) is 9.53 Å². The van der Waals surface area contributed by atoms with Gasteiger partial charge in [-0.3, -0.25) is 0 Å². The van der Waals surface area contributed by atoms with Gasteiger partial charge in [-0.05, 0) is 38.1 Å². The summed E-state index contributed by atoms with van der Waals surface area (Å²) < 4.78 is 10.3. The molecule has 0 saturated heterocycles. The summed E-state index contributed by atoms with van der Waals surface area (Å²) in [6.45, 7) is 4.01. The number of nitrogens with one attached hydrogen (secondary N) is 1. The largest absolute Gasteiger partial charge is 0.491 e. The zero-order valence-corrected chi connectivity index (χ0v) is 10.8. The monoisotopic (exact) mass is 253 g/mol. The van der Waals surface area contributed by atoms with Crippen LogP contribution in [0.3, 0.4) is 0 Å². The molecule has 0 aliphatic carbocycles. The van der Waals surface area contributed by atoms with Crippen molar-refractivity contribution in [1.29, 1.82) is 0 Å². The van der Waals surface area contributed by atoms with Crippen molar-refractivity contribution in [2.75, 3.05) is 19.0 Å². The van der Waals surface area contributed by atoms with Gasteiger partial charge in [-0.1, -0.05) is 0 Å². The molecule has 0 heterocycles. The molecule has 0 aliphatic heterocycles. The number of hydrogen-bond donors (Lipinski definition) is 2. The van der Waals surface area contributed by atoms with Gasteiger partial charge in [-0.2, -0.15) is 0 Å². The first-order valence-electron chi connectivity index (χ1n) is 5.78. The number of hydrogen-bond acceptors (Lipinski definition) is 4. The van der Waals surface area contributed by atoms with E-state index in [-0.39, 0.29) is 12.7 Å². The molecule has 18 heavy (non-hydrogen) atoms. The molecule has 1 aromatic carbocycles. The van der Waals surface area contributed by atoms with Crippen LogP contribution < -0.4 is 10.1 Å². The maximum absolute atomic E-state index is 10.9. The first kappa shape index (κ1) is 14.3. The van der Waals surface area contributed by atoms with Crippen LogP contribution in [0.2, 0.25) is 0 Å². The van der Waals surface area contributed by atoms with Crippen LogP contribution in [0, 0.1) is 0 Å². The molecule has 2 N–H and O–H groups in total. The Balaban J connectivity index is 2.64. The fourth-order valence-corrected chi connectivity index (χ4v) is 1.44. The van der Waals surface area contributed by atoms with Crippen LogP contribution in [0.5, 0.6) is 5.75 Å². The second kappa shape index (κ2) is 6.86. The number of rotatable bonds is 7. The molecule has 0 spiro atoms. The number of anilines is 1. The number of ether oxygens (including phenoxy) is 2. The second-order valence-corrected chi connectivity index (χ2v) is 4.18. The van der Waals surface area contributed by atoms with Crippen molar-refractivity contribution >= 4 is 11.7 Å². The van der Waals surface area contributed by atoms with Gasteiger partial charge in [0.25, 0.3) is 0 Å². The van der Waals surface area contributed by atoms with Crippen LogP contribution in [0.1, 0.15) is 13.8 Å². The van der Waals surface area contributed by atoms with Gasteiger partial charge in [0.05, 0.1) is 12.7 Å². The summed E-state index contributed by atoms with van der Waals surface area (Å²) in [5.41, 5.74) is 0.718. The summed E-state index contributed by atoms with van der Waals surface area (Å²) in [6, 6.07) is 6.40. The Kier molecular flexibility index (Phi) is 5.45. The lowest BCUT2D eigenvalue weighted by Crippen LogP contribution is -2.33. The van der Waals surface area contributed by atoms with Crippen molar-refractivity contribution in [1.82, 2.24) is 0 Å². The molecular formula is C13H19NO4. The minimum atomic E-state index is -0.945. The van der Waals surface area contributed by atoms with Crippen molar-refractivity contribution in [2.45, 2.75) is 26.0 Å². The predicted molar refractivity (Wildman–Crippen MR) is 69.1 cm³/mol. The number of methoxy groups -OCH3 is 1. The number of carboxylic acids is 1. The maximum Gasteiger partial charge on any atom is 0.328 e. The van der Waals surface area contributed by atoms with E-state index >= 15 is 0 Å². The second-order valence-electron chi connectivity index (χ2n) is 4.18. The fraction of sp³-hybridized carbons (Fsp3) is 0.462. The topological polar surface area (TPSA) is 67.8 Å². The quantitative estimate of drug-likeness (QED) is 0.777. The van der Waals surface area contributed by atoms with Crippen LogP contribution in [0.4, 0.5) is 5.69 Å². The predicted octanol–water partition coefficient (Wildman–Crippen LogP) is 1.99. The van der Waals surface area contributed by atoms with Gasteiger partial charge in [0.15, 0.2) is 0 Å². The minimum Gasteiger partial charge on any atom is -0.491 e. The highest BCUT2D eigenvalue weighted by molar-refractivity contribution is 5.77. The Morgan fingerprint density at radius 1 is 1.33 bits per heavy atom. The third kappa shape index (κ3) is 4.63. The van der Waals surface area contributed by atoms with Crippen molar-refractivity contribution in [2.24, 2.45) is 0 Å². The maximum atomic E-state index is 10.9. The van der Waals surface area contributed by atoms with Crippen molar-refractivity contribution < 1.29 is 19.4 Å². The van der Waals surface area contributed by atoms with Gasteiger partial charge in [-0.25, -0.2) is 4.79 Å². The molecule has 0 amide bonds. The molecule has 5 nitrogen and oxygen atoms in total. The van der Waals surface area contributed by atoms with Crippen molar-refractivity contribution in [3.8, 4) is 5.75 Å². The highest BCUT2D eigenvalue weighted by atomic mass is 16.5. The molecule has 0 saturated carbocycles. The molecule has 1 rings (SSSR count). The average molecular weight is 253 g/mol. The van der Waals surface area contributed by atoms with E-state index in [1.54, 1.807) is 24.3 Å². The van der Waals surface area contributed by atoms with Crippen molar-refractivity contribution in [3.63, 3.8) is 0 Å². The third-order valence-electron chi connectivity index (χ3n) is 2.20.